The van der Waals surface area contributed by atoms with Gasteiger partial charge < -0.3 is 60.7 Å². The number of amides is 2. The fourth-order valence-electron chi connectivity index (χ4n) is 2.61. The van der Waals surface area contributed by atoms with E-state index in [9.17, 15) is 25.0 Å². The number of nitrogens with zero attached hydrogens (tertiary/aromatic N) is 2. The van der Waals surface area contributed by atoms with Gasteiger partial charge in [0, 0.05) is 7.05 Å². The van der Waals surface area contributed by atoms with E-state index in [1.807, 2.05) is 0 Å². The van der Waals surface area contributed by atoms with Crippen molar-refractivity contribution >= 4 is 6.03 Å². The highest BCUT2D eigenvalue weighted by Gasteiger charge is 2.45. The molecular formula is C14H27N3O13. The zero-order chi connectivity index (χ0) is 23.2. The first kappa shape index (κ1) is 26.5. The molecule has 2 fully saturated rings. The Morgan fingerprint density at radius 2 is 1.30 bits per heavy atom. The van der Waals surface area contributed by atoms with Crippen molar-refractivity contribution in [2.75, 3.05) is 20.3 Å². The Balaban J connectivity index is 0.000000325. The smallest absolute Gasteiger partial charge is 0.340 e. The molecule has 2 aliphatic rings. The largest absolute Gasteiger partial charge is 0.394 e. The lowest BCUT2D eigenvalue weighted by Crippen LogP contribution is -2.64. The number of carbonyl (C=O) groups is 1. The van der Waals surface area contributed by atoms with Crippen molar-refractivity contribution in [1.82, 2.24) is 10.3 Å². The Labute approximate surface area is 169 Å². The standard InChI is InChI=1S/C8H15N3O7.C6H12O6/c1-11(10-17)8(16)9-4-6(14)5(13)3(2-12)18-7(4)15;7-1-2-3(8)4(9)5(10)6(11)12-2/h3-7,12-15H,2H2,1H3,(H,9,16);2-11H,1H2/t3-,4-,5-,6-,7+;2-,3-,4+,5-,6?/m11/s1. The molecule has 10 N–H and O–H groups in total. The van der Waals surface area contributed by atoms with Crippen LogP contribution in [0.5, 0.6) is 0 Å². The molecule has 2 aliphatic heterocycles. The van der Waals surface area contributed by atoms with Crippen LogP contribution in [0.25, 0.3) is 0 Å². The van der Waals surface area contributed by atoms with Gasteiger partial charge >= 0.3 is 6.03 Å². The Hall–Kier alpha value is -1.57. The Morgan fingerprint density at radius 1 is 0.833 bits per heavy atom. The molecule has 0 saturated carbocycles. The summed E-state index contributed by atoms with van der Waals surface area (Å²) in [6.07, 6.45) is -12.9. The second-order valence-corrected chi connectivity index (χ2v) is 6.53. The number of carbonyl (C=O) groups excluding carboxylic acids is 1. The Morgan fingerprint density at radius 3 is 1.77 bits per heavy atom. The predicted molar refractivity (Wildman–Crippen MR) is 91.8 cm³/mol. The summed E-state index contributed by atoms with van der Waals surface area (Å²) < 4.78 is 9.37. The molecule has 1 unspecified atom stereocenters. The number of hydrogen-bond donors (Lipinski definition) is 10. The SMILES string of the molecule is CN(N=O)C(=O)N[C@@H]1[C@@H](O)[C@H](O)[C@@H](CO)O[C@@H]1O.OC[C@H]1OC(O)[C@H](O)[C@@H](O)[C@@H]1O. The molecule has 0 aromatic carbocycles. The topological polar surface area (TPSA) is 262 Å². The normalized spacial score (nSPS) is 41.3. The van der Waals surface area contributed by atoms with E-state index in [0.29, 0.717) is 5.01 Å². The fraction of sp³-hybridized carbons (Fsp3) is 0.929. The van der Waals surface area contributed by atoms with Crippen LogP contribution in [-0.4, -0.2) is 139 Å². The molecule has 30 heavy (non-hydrogen) atoms. The van der Waals surface area contributed by atoms with Gasteiger partial charge in [-0.1, -0.05) is 0 Å². The highest BCUT2D eigenvalue weighted by atomic mass is 16.6. The second kappa shape index (κ2) is 11.7. The first-order chi connectivity index (χ1) is 14.0. The van der Waals surface area contributed by atoms with Gasteiger partial charge in [-0.3, -0.25) is 0 Å². The number of rotatable bonds is 4. The minimum atomic E-state index is -1.63. The molecule has 16 nitrogen and oxygen atoms in total. The molecule has 0 aromatic rings. The number of aliphatic hydroxyl groups excluding tert-OH is 9. The van der Waals surface area contributed by atoms with Crippen molar-refractivity contribution < 1.29 is 60.2 Å². The van der Waals surface area contributed by atoms with E-state index in [0.717, 1.165) is 7.05 Å². The van der Waals surface area contributed by atoms with E-state index in [-0.39, 0.29) is 0 Å². The van der Waals surface area contributed by atoms with Crippen LogP contribution in [0.3, 0.4) is 0 Å². The maximum Gasteiger partial charge on any atom is 0.340 e. The molecule has 2 saturated heterocycles. The fourth-order valence-corrected chi connectivity index (χ4v) is 2.61. The molecule has 0 spiro atoms. The molecule has 0 bridgehead atoms. The van der Waals surface area contributed by atoms with Crippen molar-refractivity contribution in [1.29, 1.82) is 0 Å². The summed E-state index contributed by atoms with van der Waals surface area (Å²) in [5.41, 5.74) is 0. The average molecular weight is 445 g/mol. The van der Waals surface area contributed by atoms with Gasteiger partial charge in [0.25, 0.3) is 0 Å². The summed E-state index contributed by atoms with van der Waals surface area (Å²) in [6.45, 7) is -1.13. The molecule has 2 heterocycles. The first-order valence-electron chi connectivity index (χ1n) is 8.66. The van der Waals surface area contributed by atoms with Crippen LogP contribution >= 0.6 is 0 Å². The van der Waals surface area contributed by atoms with Gasteiger partial charge in [-0.25, -0.2) is 4.79 Å². The van der Waals surface area contributed by atoms with Crippen LogP contribution < -0.4 is 5.32 Å². The minimum Gasteiger partial charge on any atom is -0.394 e. The van der Waals surface area contributed by atoms with E-state index in [1.165, 1.54) is 0 Å². The zero-order valence-electron chi connectivity index (χ0n) is 15.7. The van der Waals surface area contributed by atoms with E-state index >= 15 is 0 Å². The number of ether oxygens (including phenoxy) is 2. The maximum absolute atomic E-state index is 11.3. The second-order valence-electron chi connectivity index (χ2n) is 6.53. The number of nitrogens with one attached hydrogen (secondary N) is 1. The lowest BCUT2D eigenvalue weighted by atomic mass is 9.97. The first-order valence-corrected chi connectivity index (χ1v) is 8.66. The summed E-state index contributed by atoms with van der Waals surface area (Å²) in [7, 11) is 1.07. The lowest BCUT2D eigenvalue weighted by molar-refractivity contribution is -0.286. The third-order valence-electron chi connectivity index (χ3n) is 4.47. The molecule has 176 valence electrons. The molecule has 0 aromatic heterocycles. The molecule has 2 rings (SSSR count). The van der Waals surface area contributed by atoms with Gasteiger partial charge in [-0.15, -0.1) is 4.91 Å². The number of urea groups is 1. The lowest BCUT2D eigenvalue weighted by Gasteiger charge is -2.40. The van der Waals surface area contributed by atoms with Crippen LogP contribution in [-0.2, 0) is 9.47 Å². The molecular weight excluding hydrogens is 418 g/mol. The third-order valence-corrected chi connectivity index (χ3v) is 4.47. The number of aliphatic hydroxyl groups is 9. The predicted octanol–water partition coefficient (Wildman–Crippen LogP) is -6.11. The van der Waals surface area contributed by atoms with Crippen LogP contribution in [0.15, 0.2) is 5.29 Å². The minimum absolute atomic E-state index is 0.407. The summed E-state index contributed by atoms with van der Waals surface area (Å²) >= 11 is 0. The van der Waals surface area contributed by atoms with Crippen LogP contribution in [0, 0.1) is 4.91 Å². The van der Waals surface area contributed by atoms with Crippen molar-refractivity contribution in [3.63, 3.8) is 0 Å². The van der Waals surface area contributed by atoms with Crippen molar-refractivity contribution in [3.05, 3.63) is 4.91 Å². The molecule has 2 amide bonds. The van der Waals surface area contributed by atoms with Crippen LogP contribution in [0.1, 0.15) is 0 Å². The van der Waals surface area contributed by atoms with Gasteiger partial charge in [0.05, 0.1) is 18.5 Å². The molecule has 10 atom stereocenters. The van der Waals surface area contributed by atoms with Gasteiger partial charge in [0.1, 0.15) is 48.8 Å². The Kier molecular flexibility index (Phi) is 10.3. The third kappa shape index (κ3) is 6.22. The summed E-state index contributed by atoms with van der Waals surface area (Å²) in [5, 5.41) is 87.0. The average Bonchev–Trinajstić information content (AvgIpc) is 2.74. The maximum atomic E-state index is 11.3. The van der Waals surface area contributed by atoms with Gasteiger partial charge in [-0.05, 0) is 0 Å². The molecule has 16 heteroatoms. The Bertz CT molecular complexity index is 552. The quantitative estimate of drug-likeness (QED) is 0.143. The summed E-state index contributed by atoms with van der Waals surface area (Å²) in [5.74, 6) is 0. The number of nitroso groups, excluding NO2 is 1. The molecule has 0 aliphatic carbocycles. The summed E-state index contributed by atoms with van der Waals surface area (Å²) in [6, 6.07) is -2.33. The van der Waals surface area contributed by atoms with Crippen LogP contribution in [0.2, 0.25) is 0 Å². The van der Waals surface area contributed by atoms with Crippen LogP contribution in [0.4, 0.5) is 4.79 Å². The zero-order valence-corrected chi connectivity index (χ0v) is 15.7. The van der Waals surface area contributed by atoms with Crippen molar-refractivity contribution in [3.8, 4) is 0 Å². The van der Waals surface area contributed by atoms with E-state index in [1.54, 1.807) is 0 Å². The number of hydrogen-bond acceptors (Lipinski definition) is 14. The monoisotopic (exact) mass is 445 g/mol. The van der Waals surface area contributed by atoms with E-state index in [2.05, 4.69) is 15.3 Å². The molecule has 0 radical (unpaired) electrons. The summed E-state index contributed by atoms with van der Waals surface area (Å²) in [4.78, 5) is 21.4. The van der Waals surface area contributed by atoms with E-state index in [4.69, 9.17) is 35.4 Å². The van der Waals surface area contributed by atoms with Gasteiger partial charge in [0.15, 0.2) is 12.6 Å². The van der Waals surface area contributed by atoms with Crippen molar-refractivity contribution in [2.45, 2.75) is 61.3 Å². The van der Waals surface area contributed by atoms with Gasteiger partial charge in [-0.2, -0.15) is 5.01 Å². The highest BCUT2D eigenvalue weighted by Crippen LogP contribution is 2.20. The highest BCUT2D eigenvalue weighted by molar-refractivity contribution is 5.73. The van der Waals surface area contributed by atoms with E-state index < -0.39 is 80.6 Å². The van der Waals surface area contributed by atoms with Crippen molar-refractivity contribution in [2.24, 2.45) is 5.29 Å². The van der Waals surface area contributed by atoms with Gasteiger partial charge in [0.2, 0.25) is 0 Å².